The van der Waals surface area contributed by atoms with Crippen molar-refractivity contribution in [1.29, 1.82) is 0 Å². The van der Waals surface area contributed by atoms with Crippen molar-refractivity contribution in [2.24, 2.45) is 5.92 Å². The maximum absolute atomic E-state index is 12.8. The third-order valence-electron chi connectivity index (χ3n) is 5.24. The van der Waals surface area contributed by atoms with Crippen molar-refractivity contribution in [3.63, 3.8) is 0 Å². The fourth-order valence-corrected chi connectivity index (χ4v) is 3.33. The smallest absolute Gasteiger partial charge is 0.326 e. The molecule has 0 aliphatic rings. The third-order valence-corrected chi connectivity index (χ3v) is 5.24. The van der Waals surface area contributed by atoms with Gasteiger partial charge in [-0.05, 0) is 30.5 Å². The molecule has 1 amide bonds. The van der Waals surface area contributed by atoms with Crippen LogP contribution in [0.5, 0.6) is 0 Å². The number of nitrogens with one attached hydrogen (secondary N) is 1. The van der Waals surface area contributed by atoms with Crippen LogP contribution in [0.4, 0.5) is 0 Å². The van der Waals surface area contributed by atoms with E-state index in [2.05, 4.69) is 10.3 Å². The molecule has 3 rings (SSSR count). The Labute approximate surface area is 192 Å². The van der Waals surface area contributed by atoms with Gasteiger partial charge in [0.15, 0.2) is 0 Å². The number of aromatic nitrogens is 2. The van der Waals surface area contributed by atoms with Gasteiger partial charge in [0, 0.05) is 17.7 Å². The third kappa shape index (κ3) is 6.04. The van der Waals surface area contributed by atoms with E-state index in [1.54, 1.807) is 61.3 Å². The van der Waals surface area contributed by atoms with Crippen LogP contribution in [0.15, 0.2) is 67.1 Å². The Hall–Kier alpha value is -4.00. The Bertz CT molecular complexity index is 1180. The first-order valence-electron chi connectivity index (χ1n) is 10.7. The zero-order valence-electron chi connectivity index (χ0n) is 18.9. The number of aryl methyl sites for hydroxylation is 1. The van der Waals surface area contributed by atoms with E-state index in [9.17, 15) is 19.5 Å². The van der Waals surface area contributed by atoms with Gasteiger partial charge in [-0.25, -0.2) is 9.78 Å². The van der Waals surface area contributed by atoms with Crippen LogP contribution in [0.1, 0.15) is 51.4 Å². The van der Waals surface area contributed by atoms with Gasteiger partial charge in [-0.3, -0.25) is 9.59 Å². The number of rotatable bonds is 9. The molecule has 0 fully saturated rings. The average Bonchev–Trinajstić information content (AvgIpc) is 3.25. The van der Waals surface area contributed by atoms with Crippen LogP contribution in [0.2, 0.25) is 0 Å². The number of benzene rings is 2. The van der Waals surface area contributed by atoms with E-state index in [1.807, 2.05) is 37.3 Å². The monoisotopic (exact) mass is 445 g/mol. The lowest BCUT2D eigenvalue weighted by Gasteiger charge is -2.18. The predicted molar refractivity (Wildman–Crippen MR) is 126 cm³/mol. The summed E-state index contributed by atoms with van der Waals surface area (Å²) in [5.74, 6) is -1.84. The van der Waals surface area contributed by atoms with E-state index in [1.165, 1.54) is 0 Å². The van der Waals surface area contributed by atoms with Gasteiger partial charge in [-0.15, -0.1) is 0 Å². The molecule has 33 heavy (non-hydrogen) atoms. The Morgan fingerprint density at radius 2 is 1.82 bits per heavy atom. The Morgan fingerprint density at radius 1 is 1.09 bits per heavy atom. The SMILES string of the molecule is Cc1ccc(C(=O)c2cncn2C/C=C/c2cccc(C(=O)N[C@H](C(=O)O)C(C)C)c2)cc1. The number of carbonyl (C=O) groups excluding carboxylic acids is 2. The van der Waals surface area contributed by atoms with Gasteiger partial charge < -0.3 is 15.0 Å². The molecule has 7 nitrogen and oxygen atoms in total. The molecule has 0 radical (unpaired) electrons. The van der Waals surface area contributed by atoms with E-state index in [4.69, 9.17) is 0 Å². The molecule has 0 saturated heterocycles. The van der Waals surface area contributed by atoms with Crippen molar-refractivity contribution in [3.8, 4) is 0 Å². The Balaban J connectivity index is 1.69. The van der Waals surface area contributed by atoms with Crippen molar-refractivity contribution in [1.82, 2.24) is 14.9 Å². The van der Waals surface area contributed by atoms with Gasteiger partial charge in [0.2, 0.25) is 5.78 Å². The summed E-state index contributed by atoms with van der Waals surface area (Å²) in [7, 11) is 0. The minimum atomic E-state index is -1.06. The van der Waals surface area contributed by atoms with Crippen LogP contribution in [0.3, 0.4) is 0 Å². The number of carboxylic acid groups (broad SMARTS) is 1. The van der Waals surface area contributed by atoms with Gasteiger partial charge in [-0.2, -0.15) is 0 Å². The number of imidazole rings is 1. The van der Waals surface area contributed by atoms with E-state index >= 15 is 0 Å². The summed E-state index contributed by atoms with van der Waals surface area (Å²) in [6.07, 6.45) is 6.87. The molecule has 2 N–H and O–H groups in total. The van der Waals surface area contributed by atoms with Gasteiger partial charge in [0.25, 0.3) is 5.91 Å². The topological polar surface area (TPSA) is 101 Å². The van der Waals surface area contributed by atoms with Crippen LogP contribution in [-0.2, 0) is 11.3 Å². The predicted octanol–water partition coefficient (Wildman–Crippen LogP) is 3.97. The number of allylic oxidation sites excluding steroid dienone is 1. The second-order valence-electron chi connectivity index (χ2n) is 8.19. The van der Waals surface area contributed by atoms with Crippen molar-refractivity contribution in [2.45, 2.75) is 33.4 Å². The second-order valence-corrected chi connectivity index (χ2v) is 8.19. The highest BCUT2D eigenvalue weighted by Crippen LogP contribution is 2.13. The van der Waals surface area contributed by atoms with E-state index < -0.39 is 17.9 Å². The molecular formula is C26H27N3O4. The van der Waals surface area contributed by atoms with Crippen molar-refractivity contribution < 1.29 is 19.5 Å². The number of ketones is 1. The molecule has 2 aromatic carbocycles. The van der Waals surface area contributed by atoms with Crippen LogP contribution < -0.4 is 5.32 Å². The molecule has 1 heterocycles. The van der Waals surface area contributed by atoms with Crippen LogP contribution in [0.25, 0.3) is 6.08 Å². The average molecular weight is 446 g/mol. The van der Waals surface area contributed by atoms with Crippen molar-refractivity contribution in [3.05, 3.63) is 95.1 Å². The summed E-state index contributed by atoms with van der Waals surface area (Å²) in [5, 5.41) is 11.9. The number of hydrogen-bond donors (Lipinski definition) is 2. The van der Waals surface area contributed by atoms with Crippen LogP contribution in [-0.4, -0.2) is 38.4 Å². The maximum atomic E-state index is 12.8. The lowest BCUT2D eigenvalue weighted by atomic mass is 10.0. The summed E-state index contributed by atoms with van der Waals surface area (Å²) in [6, 6.07) is 13.4. The van der Waals surface area contributed by atoms with E-state index in [-0.39, 0.29) is 11.7 Å². The van der Waals surface area contributed by atoms with Crippen molar-refractivity contribution >= 4 is 23.7 Å². The minimum absolute atomic E-state index is 0.0993. The summed E-state index contributed by atoms with van der Waals surface area (Å²) in [6.45, 7) is 5.88. The molecule has 0 aliphatic carbocycles. The molecule has 1 aromatic heterocycles. The molecule has 170 valence electrons. The number of hydrogen-bond acceptors (Lipinski definition) is 4. The normalized spacial score (nSPS) is 12.1. The number of carboxylic acids is 1. The zero-order valence-corrected chi connectivity index (χ0v) is 18.9. The quantitative estimate of drug-likeness (QED) is 0.485. The molecule has 0 spiro atoms. The first-order chi connectivity index (χ1) is 15.8. The molecule has 0 aliphatic heterocycles. The lowest BCUT2D eigenvalue weighted by molar-refractivity contribution is -0.140. The van der Waals surface area contributed by atoms with Gasteiger partial charge in [-0.1, -0.05) is 68.0 Å². The lowest BCUT2D eigenvalue weighted by Crippen LogP contribution is -2.44. The van der Waals surface area contributed by atoms with Crippen LogP contribution in [0, 0.1) is 12.8 Å². The van der Waals surface area contributed by atoms with Crippen LogP contribution >= 0.6 is 0 Å². The number of amides is 1. The van der Waals surface area contributed by atoms with E-state index in [0.717, 1.165) is 11.1 Å². The molecule has 7 heteroatoms. The Morgan fingerprint density at radius 3 is 2.48 bits per heavy atom. The molecule has 1 atom stereocenters. The molecule has 0 unspecified atom stereocenters. The maximum Gasteiger partial charge on any atom is 0.326 e. The zero-order chi connectivity index (χ0) is 24.0. The molecule has 0 saturated carbocycles. The Kier molecular flexibility index (Phi) is 7.56. The summed E-state index contributed by atoms with van der Waals surface area (Å²) >= 11 is 0. The summed E-state index contributed by atoms with van der Waals surface area (Å²) in [4.78, 5) is 40.8. The van der Waals surface area contributed by atoms with Gasteiger partial charge >= 0.3 is 5.97 Å². The summed E-state index contributed by atoms with van der Waals surface area (Å²) in [5.41, 5.74) is 3.34. The largest absolute Gasteiger partial charge is 0.480 e. The fourth-order valence-electron chi connectivity index (χ4n) is 3.33. The molecule has 3 aromatic rings. The summed E-state index contributed by atoms with van der Waals surface area (Å²) < 4.78 is 1.76. The van der Waals surface area contributed by atoms with Gasteiger partial charge in [0.05, 0.1) is 12.5 Å². The molecular weight excluding hydrogens is 418 g/mol. The standard InChI is InChI=1S/C26H27N3O4/c1-17(2)23(26(32)33)28-25(31)21-8-4-6-19(14-21)7-5-13-29-16-27-15-22(29)24(30)20-11-9-18(3)10-12-20/h4-12,14-17,23H,13H2,1-3H3,(H,28,31)(H,32,33)/b7-5+/t23-/m0/s1. The highest BCUT2D eigenvalue weighted by molar-refractivity contribution is 6.07. The number of nitrogens with zero attached hydrogens (tertiary/aromatic N) is 2. The number of carbonyl (C=O) groups is 3. The second kappa shape index (κ2) is 10.5. The molecule has 0 bridgehead atoms. The number of aliphatic carboxylic acids is 1. The highest BCUT2D eigenvalue weighted by atomic mass is 16.4. The first kappa shape index (κ1) is 23.7. The minimum Gasteiger partial charge on any atom is -0.480 e. The first-order valence-corrected chi connectivity index (χ1v) is 10.7. The van der Waals surface area contributed by atoms with E-state index in [0.29, 0.717) is 23.4 Å². The fraction of sp³-hybridized carbons (Fsp3) is 0.231. The highest BCUT2D eigenvalue weighted by Gasteiger charge is 2.23. The van der Waals surface area contributed by atoms with Gasteiger partial charge in [0.1, 0.15) is 11.7 Å². The van der Waals surface area contributed by atoms with Crippen molar-refractivity contribution in [2.75, 3.05) is 0 Å².